The molecule has 0 bridgehead atoms. The molecule has 2 unspecified atom stereocenters. The minimum absolute atomic E-state index is 0.122. The molecule has 1 aromatic rings. The van der Waals surface area contributed by atoms with Crippen LogP contribution >= 0.6 is 0 Å². The van der Waals surface area contributed by atoms with E-state index >= 15 is 0 Å². The Morgan fingerprint density at radius 1 is 1.39 bits per heavy atom. The van der Waals surface area contributed by atoms with Gasteiger partial charge in [0.2, 0.25) is 0 Å². The normalized spacial score (nSPS) is 17.7. The van der Waals surface area contributed by atoms with Crippen LogP contribution in [-0.4, -0.2) is 30.7 Å². The standard InChI is InChI=1S/C20H29FN4.C5H11N3/c1-13(2)16-8-7-15(12-17(16)21)20(18(23)9-10-22)24-14(3)19-6-5-11-25(19)4;1-2-3-5(4-6)8-7/h7-10,12-13,19-20,22,24H,3,5-6,11,23H2,1-2,4H3;2,4,8H,1,3,6-7H2/b18-9-,22-10?;5-4-. The summed E-state index contributed by atoms with van der Waals surface area (Å²) in [5.41, 5.74) is 17.2. The first kappa shape index (κ1) is 27.9. The van der Waals surface area contributed by atoms with Gasteiger partial charge in [-0.2, -0.15) is 0 Å². The van der Waals surface area contributed by atoms with E-state index in [-0.39, 0.29) is 17.8 Å². The van der Waals surface area contributed by atoms with Crippen molar-refractivity contribution in [2.24, 2.45) is 17.3 Å². The zero-order valence-electron chi connectivity index (χ0n) is 20.1. The number of rotatable bonds is 10. The average molecular weight is 458 g/mol. The predicted molar refractivity (Wildman–Crippen MR) is 137 cm³/mol. The van der Waals surface area contributed by atoms with Crippen LogP contribution in [0, 0.1) is 11.2 Å². The van der Waals surface area contributed by atoms with Gasteiger partial charge in [0.1, 0.15) is 5.82 Å². The zero-order chi connectivity index (χ0) is 25.0. The van der Waals surface area contributed by atoms with Crippen LogP contribution in [0.4, 0.5) is 4.39 Å². The van der Waals surface area contributed by atoms with Crippen molar-refractivity contribution in [1.82, 2.24) is 15.6 Å². The lowest BCUT2D eigenvalue weighted by Gasteiger charge is -2.28. The summed E-state index contributed by atoms with van der Waals surface area (Å²) in [6, 6.07) is 5.08. The molecule has 7 nitrogen and oxygen atoms in total. The maximum Gasteiger partial charge on any atom is 0.127 e. The Hall–Kier alpha value is -3.10. The molecule has 0 aromatic heterocycles. The van der Waals surface area contributed by atoms with Crippen molar-refractivity contribution < 1.29 is 4.39 Å². The summed E-state index contributed by atoms with van der Waals surface area (Å²) in [7, 11) is 2.08. The number of nitrogens with two attached hydrogens (primary N) is 3. The second-order valence-corrected chi connectivity index (χ2v) is 8.34. The summed E-state index contributed by atoms with van der Waals surface area (Å²) in [6.07, 6.45) is 8.68. The molecule has 0 aliphatic carbocycles. The van der Waals surface area contributed by atoms with Gasteiger partial charge in [0.15, 0.2) is 0 Å². The van der Waals surface area contributed by atoms with Crippen LogP contribution in [0.2, 0.25) is 0 Å². The van der Waals surface area contributed by atoms with Crippen LogP contribution in [0.25, 0.3) is 0 Å². The minimum Gasteiger partial charge on any atom is -0.403 e. The van der Waals surface area contributed by atoms with E-state index in [0.717, 1.165) is 42.6 Å². The van der Waals surface area contributed by atoms with Crippen molar-refractivity contribution in [3.63, 3.8) is 0 Å². The maximum atomic E-state index is 14.4. The third-order valence-corrected chi connectivity index (χ3v) is 5.59. The summed E-state index contributed by atoms with van der Waals surface area (Å²) >= 11 is 0. The Labute approximate surface area is 197 Å². The average Bonchev–Trinajstić information content (AvgIpc) is 3.21. The van der Waals surface area contributed by atoms with E-state index in [1.54, 1.807) is 6.08 Å². The zero-order valence-corrected chi connectivity index (χ0v) is 20.1. The first-order valence-corrected chi connectivity index (χ1v) is 11.1. The summed E-state index contributed by atoms with van der Waals surface area (Å²) in [5.74, 6) is 4.91. The number of hydrazine groups is 1. The number of allylic oxidation sites excluding steroid dienone is 2. The Balaban J connectivity index is 0.000000582. The van der Waals surface area contributed by atoms with Crippen LogP contribution in [0.1, 0.15) is 56.2 Å². The van der Waals surface area contributed by atoms with Crippen LogP contribution in [0.15, 0.2) is 66.8 Å². The number of hydrogen-bond acceptors (Lipinski definition) is 7. The third-order valence-electron chi connectivity index (χ3n) is 5.59. The van der Waals surface area contributed by atoms with Gasteiger partial charge in [0, 0.05) is 42.0 Å². The number of nitrogens with one attached hydrogen (secondary N) is 3. The van der Waals surface area contributed by atoms with Crippen molar-refractivity contribution in [3.8, 4) is 0 Å². The molecule has 1 fully saturated rings. The van der Waals surface area contributed by atoms with Crippen LogP contribution in [-0.2, 0) is 0 Å². The lowest BCUT2D eigenvalue weighted by molar-refractivity contribution is 0.330. The molecular weight excluding hydrogens is 417 g/mol. The fraction of sp³-hybridized carbons (Fsp3) is 0.400. The molecule has 9 N–H and O–H groups in total. The van der Waals surface area contributed by atoms with Crippen molar-refractivity contribution in [1.29, 1.82) is 5.41 Å². The van der Waals surface area contributed by atoms with E-state index in [9.17, 15) is 4.39 Å². The number of nitrogens with zero attached hydrogens (tertiary/aromatic N) is 1. The van der Waals surface area contributed by atoms with Gasteiger partial charge < -0.3 is 27.6 Å². The molecule has 0 amide bonds. The number of halogens is 1. The molecule has 182 valence electrons. The number of likely N-dealkylation sites (tertiary alicyclic amines) is 1. The molecule has 1 heterocycles. The van der Waals surface area contributed by atoms with E-state index < -0.39 is 6.04 Å². The molecule has 33 heavy (non-hydrogen) atoms. The van der Waals surface area contributed by atoms with E-state index in [1.807, 2.05) is 26.0 Å². The Morgan fingerprint density at radius 2 is 2.09 bits per heavy atom. The largest absolute Gasteiger partial charge is 0.403 e. The first-order valence-electron chi connectivity index (χ1n) is 11.1. The highest BCUT2D eigenvalue weighted by molar-refractivity contribution is 5.69. The molecule has 1 aromatic carbocycles. The van der Waals surface area contributed by atoms with Crippen LogP contribution < -0.4 is 28.1 Å². The summed E-state index contributed by atoms with van der Waals surface area (Å²) in [6.45, 7) is 12.7. The molecular formula is C25H40FN7. The molecule has 0 saturated carbocycles. The smallest absolute Gasteiger partial charge is 0.127 e. The van der Waals surface area contributed by atoms with E-state index in [1.165, 1.54) is 18.3 Å². The van der Waals surface area contributed by atoms with Gasteiger partial charge in [-0.3, -0.25) is 10.7 Å². The van der Waals surface area contributed by atoms with Crippen molar-refractivity contribution >= 4 is 6.21 Å². The molecule has 8 heteroatoms. The van der Waals surface area contributed by atoms with Gasteiger partial charge in [-0.1, -0.05) is 38.6 Å². The van der Waals surface area contributed by atoms with Crippen LogP contribution in [0.5, 0.6) is 0 Å². The Kier molecular flexibility index (Phi) is 12.0. The molecule has 1 aliphatic rings. The SMILES string of the molecule is C=C(NC(/C(N)=C/C=N)c1ccc(C(C)C)c(F)c1)C1CCCN1C.C=CC/C(=C/N)NN. The van der Waals surface area contributed by atoms with Crippen molar-refractivity contribution in [3.05, 3.63) is 83.7 Å². The summed E-state index contributed by atoms with van der Waals surface area (Å²) in [4.78, 5) is 2.26. The lowest BCUT2D eigenvalue weighted by Crippen LogP contribution is -2.36. The molecule has 0 radical (unpaired) electrons. The second kappa shape index (κ2) is 14.1. The molecule has 2 atom stereocenters. The fourth-order valence-electron chi connectivity index (χ4n) is 3.71. The number of benzene rings is 1. The number of hydrogen-bond donors (Lipinski definition) is 6. The monoisotopic (exact) mass is 457 g/mol. The Morgan fingerprint density at radius 3 is 2.52 bits per heavy atom. The highest BCUT2D eigenvalue weighted by atomic mass is 19.1. The third kappa shape index (κ3) is 8.40. The summed E-state index contributed by atoms with van der Waals surface area (Å²) < 4.78 is 14.4. The highest BCUT2D eigenvalue weighted by Crippen LogP contribution is 2.27. The molecule has 2 rings (SSSR count). The maximum absolute atomic E-state index is 14.4. The van der Waals surface area contributed by atoms with Gasteiger partial charge in [0.25, 0.3) is 0 Å². The Bertz CT molecular complexity index is 860. The topological polar surface area (TPSA) is 129 Å². The van der Waals surface area contributed by atoms with E-state index in [2.05, 4.69) is 35.8 Å². The van der Waals surface area contributed by atoms with E-state index in [4.69, 9.17) is 22.7 Å². The second-order valence-electron chi connectivity index (χ2n) is 8.34. The lowest BCUT2D eigenvalue weighted by atomic mass is 9.96. The minimum atomic E-state index is -0.404. The summed E-state index contributed by atoms with van der Waals surface area (Å²) in [5, 5.41) is 10.7. The van der Waals surface area contributed by atoms with Gasteiger partial charge in [-0.15, -0.1) is 6.58 Å². The molecule has 1 aliphatic heterocycles. The van der Waals surface area contributed by atoms with Gasteiger partial charge in [-0.05, 0) is 55.6 Å². The molecule has 0 spiro atoms. The quantitative estimate of drug-likeness (QED) is 0.138. The van der Waals surface area contributed by atoms with Crippen LogP contribution in [0.3, 0.4) is 0 Å². The molecule has 1 saturated heterocycles. The number of likely N-dealkylation sites (N-methyl/N-ethyl adjacent to an activating group) is 1. The van der Waals surface area contributed by atoms with Crippen molar-refractivity contribution in [2.45, 2.75) is 51.1 Å². The van der Waals surface area contributed by atoms with Gasteiger partial charge >= 0.3 is 0 Å². The fourth-order valence-corrected chi connectivity index (χ4v) is 3.71. The van der Waals surface area contributed by atoms with Crippen molar-refractivity contribution in [2.75, 3.05) is 13.6 Å². The van der Waals surface area contributed by atoms with E-state index in [0.29, 0.717) is 17.7 Å². The highest BCUT2D eigenvalue weighted by Gasteiger charge is 2.26. The first-order chi connectivity index (χ1) is 15.7. The predicted octanol–water partition coefficient (Wildman–Crippen LogP) is 3.51. The van der Waals surface area contributed by atoms with Gasteiger partial charge in [0.05, 0.1) is 6.04 Å². The van der Waals surface area contributed by atoms with Gasteiger partial charge in [-0.25, -0.2) is 4.39 Å².